The molecule has 3 rings (SSSR count). The molecule has 2 fully saturated rings. The molecule has 21 heavy (non-hydrogen) atoms. The van der Waals surface area contributed by atoms with Crippen molar-refractivity contribution in [2.24, 2.45) is 11.8 Å². The number of piperidine rings is 1. The zero-order valence-corrected chi connectivity index (χ0v) is 13.3. The third-order valence-corrected chi connectivity index (χ3v) is 5.64. The van der Waals surface area contributed by atoms with E-state index in [9.17, 15) is 0 Å². The lowest BCUT2D eigenvalue weighted by atomic mass is 9.83. The fourth-order valence-electron chi connectivity index (χ4n) is 4.15. The van der Waals surface area contributed by atoms with Crippen molar-refractivity contribution in [1.82, 2.24) is 15.3 Å². The van der Waals surface area contributed by atoms with Gasteiger partial charge in [0.15, 0.2) is 0 Å². The first-order valence-electron chi connectivity index (χ1n) is 8.33. The second-order valence-corrected chi connectivity index (χ2v) is 6.77. The summed E-state index contributed by atoms with van der Waals surface area (Å²) in [6.07, 6.45) is 9.25. The average molecular weight is 288 g/mol. The van der Waals surface area contributed by atoms with Gasteiger partial charge in [0.25, 0.3) is 0 Å². The summed E-state index contributed by atoms with van der Waals surface area (Å²) in [4.78, 5) is 7.18. The number of aromatic nitrogens is 1. The molecule has 1 aromatic heterocycles. The average Bonchev–Trinajstić information content (AvgIpc) is 2.75. The Balaban J connectivity index is 1.65. The first-order valence-corrected chi connectivity index (χ1v) is 8.33. The van der Waals surface area contributed by atoms with Gasteiger partial charge in [-0.05, 0) is 56.7 Å². The Labute approximate surface area is 128 Å². The lowest BCUT2D eigenvalue weighted by Crippen LogP contribution is -2.49. The highest BCUT2D eigenvalue weighted by atomic mass is 15.2. The number of nitrogens with zero attached hydrogens (tertiary/aromatic N) is 2. The summed E-state index contributed by atoms with van der Waals surface area (Å²) in [6, 6.07) is 6.22. The Morgan fingerprint density at radius 1 is 1.33 bits per heavy atom. The summed E-state index contributed by atoms with van der Waals surface area (Å²) in [5.41, 5.74) is 5.53. The maximum atomic E-state index is 5.86. The van der Waals surface area contributed by atoms with Crippen LogP contribution in [0.4, 0.5) is 0 Å². The maximum absolute atomic E-state index is 5.86. The Hall–Kier alpha value is -0.970. The van der Waals surface area contributed by atoms with E-state index in [0.29, 0.717) is 12.0 Å². The number of hydrogen-bond acceptors (Lipinski definition) is 4. The second-order valence-electron chi connectivity index (χ2n) is 6.77. The molecule has 0 spiro atoms. The monoisotopic (exact) mass is 288 g/mol. The highest BCUT2D eigenvalue weighted by Crippen LogP contribution is 2.39. The van der Waals surface area contributed by atoms with Crippen molar-refractivity contribution in [3.8, 4) is 0 Å². The summed E-state index contributed by atoms with van der Waals surface area (Å²) >= 11 is 0. The van der Waals surface area contributed by atoms with Crippen LogP contribution in [0.5, 0.6) is 0 Å². The van der Waals surface area contributed by atoms with E-state index in [0.717, 1.165) is 30.6 Å². The lowest BCUT2D eigenvalue weighted by Gasteiger charge is -2.39. The van der Waals surface area contributed by atoms with Crippen molar-refractivity contribution in [3.63, 3.8) is 0 Å². The van der Waals surface area contributed by atoms with Crippen molar-refractivity contribution in [1.29, 1.82) is 0 Å². The van der Waals surface area contributed by atoms with Crippen LogP contribution >= 0.6 is 0 Å². The summed E-state index contributed by atoms with van der Waals surface area (Å²) in [5, 5.41) is 0. The molecule has 3 unspecified atom stereocenters. The molecule has 2 aliphatic heterocycles. The molecule has 116 valence electrons. The van der Waals surface area contributed by atoms with Crippen LogP contribution in [-0.2, 0) is 12.8 Å². The van der Waals surface area contributed by atoms with E-state index in [1.165, 1.54) is 31.2 Å². The first kappa shape index (κ1) is 14.9. The first-order chi connectivity index (χ1) is 10.2. The van der Waals surface area contributed by atoms with Crippen molar-refractivity contribution < 1.29 is 0 Å². The number of nitrogens with one attached hydrogen (secondary N) is 1. The largest absolute Gasteiger partial charge is 0.300 e. The van der Waals surface area contributed by atoms with E-state index >= 15 is 0 Å². The third kappa shape index (κ3) is 3.12. The Bertz CT molecular complexity index is 444. The van der Waals surface area contributed by atoms with Gasteiger partial charge >= 0.3 is 0 Å². The fourth-order valence-corrected chi connectivity index (χ4v) is 4.15. The number of hydrazine groups is 1. The SMILES string of the molecule is CCc1ccc(CC(NN)C2CC3CCC(C2)N3C)nc1. The van der Waals surface area contributed by atoms with E-state index in [4.69, 9.17) is 5.84 Å². The van der Waals surface area contributed by atoms with Crippen LogP contribution in [0, 0.1) is 5.92 Å². The number of fused-ring (bicyclic) bond motifs is 2. The molecule has 2 aliphatic rings. The zero-order valence-electron chi connectivity index (χ0n) is 13.3. The second kappa shape index (κ2) is 6.42. The van der Waals surface area contributed by atoms with Gasteiger partial charge in [0, 0.05) is 36.4 Å². The highest BCUT2D eigenvalue weighted by Gasteiger charge is 2.40. The van der Waals surface area contributed by atoms with E-state index < -0.39 is 0 Å². The van der Waals surface area contributed by atoms with Gasteiger partial charge in [-0.2, -0.15) is 0 Å². The normalized spacial score (nSPS) is 30.5. The van der Waals surface area contributed by atoms with Crippen LogP contribution in [0.15, 0.2) is 18.3 Å². The Morgan fingerprint density at radius 3 is 2.57 bits per heavy atom. The van der Waals surface area contributed by atoms with Crippen LogP contribution in [-0.4, -0.2) is 35.1 Å². The predicted octanol–water partition coefficient (Wildman–Crippen LogP) is 1.89. The number of hydrogen-bond donors (Lipinski definition) is 2. The molecule has 0 amide bonds. The van der Waals surface area contributed by atoms with E-state index in [1.54, 1.807) is 0 Å². The van der Waals surface area contributed by atoms with Crippen LogP contribution in [0.3, 0.4) is 0 Å². The van der Waals surface area contributed by atoms with E-state index in [2.05, 4.69) is 41.4 Å². The number of aryl methyl sites for hydroxylation is 1. The summed E-state index contributed by atoms with van der Waals surface area (Å²) in [5.74, 6) is 6.54. The van der Waals surface area contributed by atoms with Gasteiger partial charge in [-0.25, -0.2) is 0 Å². The molecule has 3 atom stereocenters. The standard InChI is InChI=1S/C17H28N4/c1-3-12-4-5-14(19-11-12)10-17(20-18)13-8-15-6-7-16(9-13)21(15)2/h4-5,11,13,15-17,20H,3,6-10,18H2,1-2H3. The predicted molar refractivity (Wildman–Crippen MR) is 85.7 cm³/mol. The van der Waals surface area contributed by atoms with E-state index in [-0.39, 0.29) is 0 Å². The molecule has 4 heteroatoms. The molecule has 0 aromatic carbocycles. The fraction of sp³-hybridized carbons (Fsp3) is 0.706. The highest BCUT2D eigenvalue weighted by molar-refractivity contribution is 5.15. The van der Waals surface area contributed by atoms with Gasteiger partial charge in [-0.15, -0.1) is 0 Å². The minimum atomic E-state index is 0.349. The smallest absolute Gasteiger partial charge is 0.0419 e. The summed E-state index contributed by atoms with van der Waals surface area (Å²) < 4.78 is 0. The third-order valence-electron chi connectivity index (χ3n) is 5.64. The molecule has 3 N–H and O–H groups in total. The minimum absolute atomic E-state index is 0.349. The molecule has 0 saturated carbocycles. The molecule has 0 aliphatic carbocycles. The molecule has 2 saturated heterocycles. The van der Waals surface area contributed by atoms with Crippen LogP contribution in [0.25, 0.3) is 0 Å². The van der Waals surface area contributed by atoms with Crippen molar-refractivity contribution >= 4 is 0 Å². The van der Waals surface area contributed by atoms with Crippen LogP contribution in [0.2, 0.25) is 0 Å². The van der Waals surface area contributed by atoms with Gasteiger partial charge in [0.05, 0.1) is 0 Å². The lowest BCUT2D eigenvalue weighted by molar-refractivity contribution is 0.112. The molecule has 3 heterocycles. The number of rotatable bonds is 5. The van der Waals surface area contributed by atoms with Crippen LogP contribution < -0.4 is 11.3 Å². The molecular formula is C17H28N4. The summed E-state index contributed by atoms with van der Waals surface area (Å²) in [6.45, 7) is 2.16. The molecular weight excluding hydrogens is 260 g/mol. The van der Waals surface area contributed by atoms with Gasteiger partial charge < -0.3 is 4.90 Å². The number of nitrogens with two attached hydrogens (primary N) is 1. The molecule has 4 nitrogen and oxygen atoms in total. The topological polar surface area (TPSA) is 54.2 Å². The van der Waals surface area contributed by atoms with Gasteiger partial charge in [-0.3, -0.25) is 16.3 Å². The van der Waals surface area contributed by atoms with Crippen molar-refractivity contribution in [2.45, 2.75) is 63.6 Å². The summed E-state index contributed by atoms with van der Waals surface area (Å²) in [7, 11) is 2.29. The van der Waals surface area contributed by atoms with Crippen molar-refractivity contribution in [2.75, 3.05) is 7.05 Å². The van der Waals surface area contributed by atoms with Crippen LogP contribution in [0.1, 0.15) is 43.9 Å². The maximum Gasteiger partial charge on any atom is 0.0419 e. The molecule has 0 radical (unpaired) electrons. The number of pyridine rings is 1. The Morgan fingerprint density at radius 2 is 2.05 bits per heavy atom. The quantitative estimate of drug-likeness (QED) is 0.642. The van der Waals surface area contributed by atoms with E-state index in [1.807, 2.05) is 6.20 Å². The van der Waals surface area contributed by atoms with Crippen molar-refractivity contribution in [3.05, 3.63) is 29.6 Å². The molecule has 1 aromatic rings. The Kier molecular flexibility index (Phi) is 4.57. The van der Waals surface area contributed by atoms with Gasteiger partial charge in [0.2, 0.25) is 0 Å². The minimum Gasteiger partial charge on any atom is -0.300 e. The molecule has 2 bridgehead atoms. The zero-order chi connectivity index (χ0) is 14.8. The van der Waals surface area contributed by atoms with Gasteiger partial charge in [0.1, 0.15) is 0 Å². The van der Waals surface area contributed by atoms with Gasteiger partial charge in [-0.1, -0.05) is 13.0 Å².